The Morgan fingerprint density at radius 1 is 1.10 bits per heavy atom. The van der Waals surface area contributed by atoms with E-state index in [1.54, 1.807) is 0 Å². The second kappa shape index (κ2) is 5.95. The van der Waals surface area contributed by atoms with Crippen LogP contribution in [0.1, 0.15) is 58.8 Å². The Morgan fingerprint density at radius 3 is 2.19 bits per heavy atom. The van der Waals surface area contributed by atoms with Gasteiger partial charge in [0.25, 0.3) is 0 Å². The molecule has 120 valence electrons. The van der Waals surface area contributed by atoms with Crippen LogP contribution in [0, 0.1) is 17.3 Å². The van der Waals surface area contributed by atoms with Crippen LogP contribution in [-0.2, 0) is 9.59 Å². The molecule has 21 heavy (non-hydrogen) atoms. The summed E-state index contributed by atoms with van der Waals surface area (Å²) >= 11 is 0. The van der Waals surface area contributed by atoms with Gasteiger partial charge in [-0.1, -0.05) is 13.8 Å². The molecule has 2 saturated carbocycles. The molecule has 0 aromatic carbocycles. The van der Waals surface area contributed by atoms with Crippen molar-refractivity contribution in [3.8, 4) is 0 Å². The SMILES string of the molecule is CC1(C)CCC(O)(CNC(=O)C2CCC(C(=O)O)C2)CC1. The van der Waals surface area contributed by atoms with Crippen molar-refractivity contribution in [2.75, 3.05) is 6.54 Å². The van der Waals surface area contributed by atoms with E-state index in [1.807, 2.05) is 0 Å². The fourth-order valence-electron chi connectivity index (χ4n) is 3.41. The highest BCUT2D eigenvalue weighted by molar-refractivity contribution is 5.80. The number of hydrogen-bond acceptors (Lipinski definition) is 3. The maximum atomic E-state index is 12.1. The average molecular weight is 297 g/mol. The van der Waals surface area contributed by atoms with Gasteiger partial charge in [0.05, 0.1) is 11.5 Å². The number of nitrogens with one attached hydrogen (secondary N) is 1. The van der Waals surface area contributed by atoms with E-state index >= 15 is 0 Å². The lowest BCUT2D eigenvalue weighted by Crippen LogP contribution is -2.47. The largest absolute Gasteiger partial charge is 0.481 e. The monoisotopic (exact) mass is 297 g/mol. The Bertz CT molecular complexity index is 409. The number of carbonyl (C=O) groups excluding carboxylic acids is 1. The third-order valence-corrected chi connectivity index (χ3v) is 5.28. The fraction of sp³-hybridized carbons (Fsp3) is 0.875. The summed E-state index contributed by atoms with van der Waals surface area (Å²) in [6, 6.07) is 0. The number of carboxylic acids is 1. The Morgan fingerprint density at radius 2 is 1.67 bits per heavy atom. The number of carboxylic acid groups (broad SMARTS) is 1. The smallest absolute Gasteiger partial charge is 0.306 e. The van der Waals surface area contributed by atoms with Crippen molar-refractivity contribution in [1.29, 1.82) is 0 Å². The fourth-order valence-corrected chi connectivity index (χ4v) is 3.41. The molecule has 3 N–H and O–H groups in total. The molecule has 2 rings (SSSR count). The number of aliphatic carboxylic acids is 1. The molecule has 0 heterocycles. The second-order valence-electron chi connectivity index (χ2n) is 7.65. The van der Waals surface area contributed by atoms with Crippen LogP contribution < -0.4 is 5.32 Å². The Kier molecular flexibility index (Phi) is 4.61. The lowest BCUT2D eigenvalue weighted by atomic mass is 9.71. The van der Waals surface area contributed by atoms with Gasteiger partial charge in [-0.2, -0.15) is 0 Å². The van der Waals surface area contributed by atoms with Crippen LogP contribution in [0.4, 0.5) is 0 Å². The minimum Gasteiger partial charge on any atom is -0.481 e. The van der Waals surface area contributed by atoms with Crippen LogP contribution in [-0.4, -0.2) is 34.2 Å². The molecule has 2 aliphatic carbocycles. The van der Waals surface area contributed by atoms with Gasteiger partial charge in [0.1, 0.15) is 0 Å². The number of hydrogen-bond donors (Lipinski definition) is 3. The van der Waals surface area contributed by atoms with E-state index in [-0.39, 0.29) is 29.7 Å². The van der Waals surface area contributed by atoms with Crippen molar-refractivity contribution in [3.63, 3.8) is 0 Å². The third kappa shape index (κ3) is 4.19. The van der Waals surface area contributed by atoms with Gasteiger partial charge in [0, 0.05) is 12.5 Å². The zero-order valence-corrected chi connectivity index (χ0v) is 13.0. The molecule has 2 fully saturated rings. The minimum atomic E-state index is -0.807. The highest BCUT2D eigenvalue weighted by atomic mass is 16.4. The molecule has 0 saturated heterocycles. The van der Waals surface area contributed by atoms with Crippen molar-refractivity contribution in [2.24, 2.45) is 17.3 Å². The van der Waals surface area contributed by atoms with E-state index in [0.717, 1.165) is 12.8 Å². The molecule has 2 atom stereocenters. The van der Waals surface area contributed by atoms with Gasteiger partial charge < -0.3 is 15.5 Å². The first-order chi connectivity index (χ1) is 9.71. The first-order valence-corrected chi connectivity index (χ1v) is 7.94. The summed E-state index contributed by atoms with van der Waals surface area (Å²) in [6.45, 7) is 4.70. The Labute approximate surface area is 126 Å². The van der Waals surface area contributed by atoms with E-state index in [1.165, 1.54) is 0 Å². The molecule has 0 aromatic rings. The molecule has 1 amide bonds. The van der Waals surface area contributed by atoms with Crippen LogP contribution in [0.2, 0.25) is 0 Å². The van der Waals surface area contributed by atoms with E-state index in [0.29, 0.717) is 32.1 Å². The van der Waals surface area contributed by atoms with Crippen LogP contribution in [0.25, 0.3) is 0 Å². The van der Waals surface area contributed by atoms with Crippen molar-refractivity contribution in [1.82, 2.24) is 5.32 Å². The predicted octanol–water partition coefficient (Wildman–Crippen LogP) is 1.93. The van der Waals surface area contributed by atoms with E-state index in [9.17, 15) is 14.7 Å². The number of carbonyl (C=O) groups is 2. The van der Waals surface area contributed by atoms with Crippen LogP contribution in [0.15, 0.2) is 0 Å². The van der Waals surface area contributed by atoms with Crippen LogP contribution >= 0.6 is 0 Å². The highest BCUT2D eigenvalue weighted by Gasteiger charge is 2.38. The summed E-state index contributed by atoms with van der Waals surface area (Å²) in [5.41, 5.74) is -0.521. The van der Waals surface area contributed by atoms with E-state index in [4.69, 9.17) is 5.11 Å². The van der Waals surface area contributed by atoms with Gasteiger partial charge in [-0.25, -0.2) is 0 Å². The van der Waals surface area contributed by atoms with Gasteiger partial charge in [-0.3, -0.25) is 9.59 Å². The van der Waals surface area contributed by atoms with E-state index < -0.39 is 11.6 Å². The topological polar surface area (TPSA) is 86.6 Å². The lowest BCUT2D eigenvalue weighted by molar-refractivity contribution is -0.141. The summed E-state index contributed by atoms with van der Waals surface area (Å²) in [7, 11) is 0. The van der Waals surface area contributed by atoms with Gasteiger partial charge in [0.2, 0.25) is 5.91 Å². The number of aliphatic hydroxyl groups is 1. The molecule has 0 bridgehead atoms. The van der Waals surface area contributed by atoms with Crippen LogP contribution in [0.5, 0.6) is 0 Å². The summed E-state index contributed by atoms with van der Waals surface area (Å²) in [5, 5.41) is 22.3. The predicted molar refractivity (Wildman–Crippen MR) is 78.7 cm³/mol. The molecule has 2 aliphatic rings. The lowest BCUT2D eigenvalue weighted by Gasteiger charge is -2.40. The summed E-state index contributed by atoms with van der Waals surface area (Å²) in [6.07, 6.45) is 4.98. The molecule has 0 radical (unpaired) electrons. The number of rotatable bonds is 4. The molecule has 2 unspecified atom stereocenters. The third-order valence-electron chi connectivity index (χ3n) is 5.28. The second-order valence-corrected chi connectivity index (χ2v) is 7.65. The molecule has 5 nitrogen and oxygen atoms in total. The molecule has 5 heteroatoms. The average Bonchev–Trinajstić information content (AvgIpc) is 2.90. The number of amides is 1. The summed E-state index contributed by atoms with van der Waals surface area (Å²) in [4.78, 5) is 23.0. The first kappa shape index (κ1) is 16.3. The first-order valence-electron chi connectivity index (χ1n) is 7.94. The quantitative estimate of drug-likeness (QED) is 0.740. The molecule has 0 aliphatic heterocycles. The van der Waals surface area contributed by atoms with Crippen molar-refractivity contribution >= 4 is 11.9 Å². The molecular weight excluding hydrogens is 270 g/mol. The standard InChI is InChI=1S/C16H27NO4/c1-15(2)5-7-16(21,8-6-15)10-17-13(18)11-3-4-12(9-11)14(19)20/h11-12,21H,3-10H2,1-2H3,(H,17,18)(H,19,20). The normalized spacial score (nSPS) is 30.8. The zero-order chi connectivity index (χ0) is 15.7. The van der Waals surface area contributed by atoms with Crippen LogP contribution in [0.3, 0.4) is 0 Å². The minimum absolute atomic E-state index is 0.1000. The highest BCUT2D eigenvalue weighted by Crippen LogP contribution is 2.40. The zero-order valence-electron chi connectivity index (χ0n) is 13.0. The Balaban J connectivity index is 1.78. The van der Waals surface area contributed by atoms with Crippen molar-refractivity contribution < 1.29 is 19.8 Å². The maximum Gasteiger partial charge on any atom is 0.306 e. The summed E-state index contributed by atoms with van der Waals surface area (Å²) < 4.78 is 0. The van der Waals surface area contributed by atoms with Gasteiger partial charge >= 0.3 is 5.97 Å². The van der Waals surface area contributed by atoms with Crippen molar-refractivity contribution in [3.05, 3.63) is 0 Å². The van der Waals surface area contributed by atoms with Gasteiger partial charge in [-0.15, -0.1) is 0 Å². The van der Waals surface area contributed by atoms with Gasteiger partial charge in [0.15, 0.2) is 0 Å². The molecule has 0 aromatic heterocycles. The Hall–Kier alpha value is -1.10. The summed E-state index contributed by atoms with van der Waals surface area (Å²) in [5.74, 6) is -1.51. The van der Waals surface area contributed by atoms with Crippen molar-refractivity contribution in [2.45, 2.75) is 64.4 Å². The molecular formula is C16H27NO4. The van der Waals surface area contributed by atoms with Gasteiger partial charge in [-0.05, 0) is 50.4 Å². The van der Waals surface area contributed by atoms with E-state index in [2.05, 4.69) is 19.2 Å². The molecule has 0 spiro atoms. The maximum absolute atomic E-state index is 12.1.